The summed E-state index contributed by atoms with van der Waals surface area (Å²) in [4.78, 5) is 10.5. The highest BCUT2D eigenvalue weighted by atomic mass is 16.4. The minimum atomic E-state index is -0.979. The van der Waals surface area contributed by atoms with Gasteiger partial charge in [-0.05, 0) is 25.0 Å². The van der Waals surface area contributed by atoms with Gasteiger partial charge in [-0.3, -0.25) is 4.79 Å². The molecule has 4 N–H and O–H groups in total. The van der Waals surface area contributed by atoms with E-state index in [0.717, 1.165) is 0 Å². The van der Waals surface area contributed by atoms with Crippen molar-refractivity contribution in [1.29, 1.82) is 0 Å². The van der Waals surface area contributed by atoms with Gasteiger partial charge in [-0.25, -0.2) is 0 Å². The number of nitrogens with one attached hydrogen (secondary N) is 1. The Kier molecular flexibility index (Phi) is 4.46. The fourth-order valence-electron chi connectivity index (χ4n) is 1.49. The molecule has 0 aliphatic rings. The minimum Gasteiger partial charge on any atom is -0.480 e. The minimum absolute atomic E-state index is 0.280. The lowest BCUT2D eigenvalue weighted by molar-refractivity contribution is -0.138. The number of aliphatic carboxylic acids is 1. The molecule has 0 spiro atoms. The highest BCUT2D eigenvalue weighted by molar-refractivity contribution is 5.73. The molecule has 0 bridgehead atoms. The molecule has 1 aromatic carbocycles. The summed E-state index contributed by atoms with van der Waals surface area (Å²) in [5, 5.41) is 11.6. The molecule has 1 rings (SSSR count). The van der Waals surface area contributed by atoms with Crippen molar-refractivity contribution >= 4 is 5.97 Å². The maximum atomic E-state index is 10.5. The van der Waals surface area contributed by atoms with E-state index in [1.165, 1.54) is 16.7 Å². The highest BCUT2D eigenvalue weighted by Gasteiger charge is 2.10. The second kappa shape index (κ2) is 5.63. The van der Waals surface area contributed by atoms with Gasteiger partial charge in [0.1, 0.15) is 6.04 Å². The largest absolute Gasteiger partial charge is 0.480 e. The molecule has 16 heavy (non-hydrogen) atoms. The first kappa shape index (κ1) is 12.7. The maximum Gasteiger partial charge on any atom is 0.321 e. The Labute approximate surface area is 95.5 Å². The van der Waals surface area contributed by atoms with E-state index in [9.17, 15) is 4.79 Å². The van der Waals surface area contributed by atoms with Crippen LogP contribution in [0.25, 0.3) is 0 Å². The van der Waals surface area contributed by atoms with Crippen LogP contribution in [-0.2, 0) is 11.3 Å². The lowest BCUT2D eigenvalue weighted by Crippen LogP contribution is -2.40. The maximum absolute atomic E-state index is 10.5. The van der Waals surface area contributed by atoms with Crippen molar-refractivity contribution < 1.29 is 9.90 Å². The summed E-state index contributed by atoms with van der Waals surface area (Å²) in [5.41, 5.74) is 8.98. The van der Waals surface area contributed by atoms with E-state index >= 15 is 0 Å². The second-order valence-electron chi connectivity index (χ2n) is 4.01. The zero-order valence-electron chi connectivity index (χ0n) is 9.66. The molecule has 0 heterocycles. The zero-order valence-corrected chi connectivity index (χ0v) is 9.66. The lowest BCUT2D eigenvalue weighted by atomic mass is 10.1. The van der Waals surface area contributed by atoms with Crippen molar-refractivity contribution in [3.63, 3.8) is 0 Å². The number of hydrogen-bond donors (Lipinski definition) is 3. The Balaban J connectivity index is 2.46. The van der Waals surface area contributed by atoms with E-state index in [2.05, 4.69) is 11.4 Å². The van der Waals surface area contributed by atoms with Gasteiger partial charge in [-0.2, -0.15) is 0 Å². The van der Waals surface area contributed by atoms with Gasteiger partial charge in [0.2, 0.25) is 0 Å². The van der Waals surface area contributed by atoms with E-state index in [-0.39, 0.29) is 6.54 Å². The van der Waals surface area contributed by atoms with Crippen LogP contribution in [0, 0.1) is 13.8 Å². The third kappa shape index (κ3) is 3.64. The third-order valence-corrected chi connectivity index (χ3v) is 2.49. The van der Waals surface area contributed by atoms with Crippen molar-refractivity contribution in [1.82, 2.24) is 5.32 Å². The van der Waals surface area contributed by atoms with Crippen molar-refractivity contribution in [2.24, 2.45) is 5.73 Å². The van der Waals surface area contributed by atoms with Gasteiger partial charge < -0.3 is 16.2 Å². The Hall–Kier alpha value is -1.39. The molecule has 0 aliphatic carbocycles. The average molecular weight is 222 g/mol. The zero-order chi connectivity index (χ0) is 12.1. The molecule has 0 saturated heterocycles. The SMILES string of the molecule is Cc1ccc(CNCC(N)C(=O)O)c(C)c1. The molecular weight excluding hydrogens is 204 g/mol. The number of nitrogens with two attached hydrogens (primary N) is 1. The van der Waals surface area contributed by atoms with Crippen LogP contribution in [0.3, 0.4) is 0 Å². The molecule has 1 aromatic rings. The van der Waals surface area contributed by atoms with Crippen LogP contribution < -0.4 is 11.1 Å². The molecule has 0 aromatic heterocycles. The predicted octanol–water partition coefficient (Wildman–Crippen LogP) is 0.805. The van der Waals surface area contributed by atoms with Crippen LogP contribution in [0.15, 0.2) is 18.2 Å². The summed E-state index contributed by atoms with van der Waals surface area (Å²) in [6, 6.07) is 5.35. The van der Waals surface area contributed by atoms with Gasteiger partial charge in [-0.1, -0.05) is 23.8 Å². The number of aryl methyl sites for hydroxylation is 2. The number of carbonyl (C=O) groups is 1. The standard InChI is InChI=1S/C12H18N2O2/c1-8-3-4-10(9(2)5-8)6-14-7-11(13)12(15)16/h3-5,11,14H,6-7,13H2,1-2H3,(H,15,16). The molecule has 0 radical (unpaired) electrons. The van der Waals surface area contributed by atoms with Crippen molar-refractivity contribution in [2.45, 2.75) is 26.4 Å². The van der Waals surface area contributed by atoms with Gasteiger partial charge in [0.15, 0.2) is 0 Å². The van der Waals surface area contributed by atoms with Crippen molar-refractivity contribution in [3.05, 3.63) is 34.9 Å². The van der Waals surface area contributed by atoms with E-state index in [1.807, 2.05) is 26.0 Å². The normalized spacial score (nSPS) is 12.4. The van der Waals surface area contributed by atoms with E-state index in [0.29, 0.717) is 6.54 Å². The molecule has 0 saturated carbocycles. The van der Waals surface area contributed by atoms with Crippen LogP contribution in [0.2, 0.25) is 0 Å². The van der Waals surface area contributed by atoms with Crippen molar-refractivity contribution in [2.75, 3.05) is 6.54 Å². The fourth-order valence-corrected chi connectivity index (χ4v) is 1.49. The second-order valence-corrected chi connectivity index (χ2v) is 4.01. The predicted molar refractivity (Wildman–Crippen MR) is 63.2 cm³/mol. The van der Waals surface area contributed by atoms with Gasteiger partial charge in [-0.15, -0.1) is 0 Å². The third-order valence-electron chi connectivity index (χ3n) is 2.49. The summed E-state index contributed by atoms with van der Waals surface area (Å²) in [5.74, 6) is -0.979. The first-order valence-electron chi connectivity index (χ1n) is 5.26. The van der Waals surface area contributed by atoms with E-state index < -0.39 is 12.0 Å². The van der Waals surface area contributed by atoms with E-state index in [4.69, 9.17) is 10.8 Å². The van der Waals surface area contributed by atoms with Gasteiger partial charge in [0.05, 0.1) is 0 Å². The molecular formula is C12H18N2O2. The summed E-state index contributed by atoms with van der Waals surface area (Å²) < 4.78 is 0. The van der Waals surface area contributed by atoms with Gasteiger partial charge >= 0.3 is 5.97 Å². The number of rotatable bonds is 5. The molecule has 0 amide bonds. The van der Waals surface area contributed by atoms with Crippen LogP contribution in [0.4, 0.5) is 0 Å². The average Bonchev–Trinajstić information content (AvgIpc) is 2.20. The molecule has 1 unspecified atom stereocenters. The number of carboxylic acid groups (broad SMARTS) is 1. The summed E-state index contributed by atoms with van der Waals surface area (Å²) in [6.45, 7) is 5.02. The van der Waals surface area contributed by atoms with Crippen LogP contribution >= 0.6 is 0 Å². The topological polar surface area (TPSA) is 75.3 Å². The number of hydrogen-bond acceptors (Lipinski definition) is 3. The molecule has 88 valence electrons. The molecule has 0 aliphatic heterocycles. The first-order chi connectivity index (χ1) is 7.50. The van der Waals surface area contributed by atoms with Gasteiger partial charge in [0, 0.05) is 13.1 Å². The molecule has 0 fully saturated rings. The quantitative estimate of drug-likeness (QED) is 0.689. The summed E-state index contributed by atoms with van der Waals surface area (Å²) >= 11 is 0. The van der Waals surface area contributed by atoms with Crippen molar-refractivity contribution in [3.8, 4) is 0 Å². The molecule has 4 heteroatoms. The monoisotopic (exact) mass is 222 g/mol. The lowest BCUT2D eigenvalue weighted by Gasteiger charge is -2.10. The summed E-state index contributed by atoms with van der Waals surface area (Å²) in [6.07, 6.45) is 0. The smallest absolute Gasteiger partial charge is 0.321 e. The Morgan fingerprint density at radius 1 is 1.50 bits per heavy atom. The Morgan fingerprint density at radius 3 is 2.75 bits per heavy atom. The van der Waals surface area contributed by atoms with Gasteiger partial charge in [0.25, 0.3) is 0 Å². The molecule has 1 atom stereocenters. The fraction of sp³-hybridized carbons (Fsp3) is 0.417. The number of carboxylic acids is 1. The Bertz CT molecular complexity index is 377. The van der Waals surface area contributed by atoms with Crippen LogP contribution in [-0.4, -0.2) is 23.7 Å². The number of benzene rings is 1. The highest BCUT2D eigenvalue weighted by Crippen LogP contribution is 2.09. The van der Waals surface area contributed by atoms with Crippen LogP contribution in [0.1, 0.15) is 16.7 Å². The van der Waals surface area contributed by atoms with E-state index in [1.54, 1.807) is 0 Å². The Morgan fingerprint density at radius 2 is 2.19 bits per heavy atom. The first-order valence-corrected chi connectivity index (χ1v) is 5.26. The molecule has 4 nitrogen and oxygen atoms in total. The van der Waals surface area contributed by atoms with Crippen LogP contribution in [0.5, 0.6) is 0 Å². The summed E-state index contributed by atoms with van der Waals surface area (Å²) in [7, 11) is 0.